The van der Waals surface area contributed by atoms with E-state index in [-0.39, 0.29) is 12.1 Å². The highest BCUT2D eigenvalue weighted by atomic mass is 16.5. The average Bonchev–Trinajstić information content (AvgIpc) is 3.30. The highest BCUT2D eigenvalue weighted by Crippen LogP contribution is 2.39. The normalized spacial score (nSPS) is 18.1. The quantitative estimate of drug-likeness (QED) is 0.480. The number of aliphatic hydroxyl groups excluding tert-OH is 1. The first kappa shape index (κ1) is 17.9. The molecule has 0 bridgehead atoms. The molecule has 1 saturated carbocycles. The van der Waals surface area contributed by atoms with Gasteiger partial charge in [-0.05, 0) is 38.1 Å². The molecule has 0 aliphatic heterocycles. The fraction of sp³-hybridized carbons (Fsp3) is 1.00. The van der Waals surface area contributed by atoms with E-state index in [0.29, 0.717) is 12.5 Å². The minimum Gasteiger partial charge on any atom is -0.394 e. The van der Waals surface area contributed by atoms with E-state index < -0.39 is 0 Å². The van der Waals surface area contributed by atoms with Gasteiger partial charge in [0.2, 0.25) is 0 Å². The third-order valence-electron chi connectivity index (χ3n) is 4.37. The van der Waals surface area contributed by atoms with Crippen molar-refractivity contribution in [1.82, 2.24) is 5.32 Å². The van der Waals surface area contributed by atoms with Crippen LogP contribution in [-0.2, 0) is 4.74 Å². The second kappa shape index (κ2) is 10.6. The van der Waals surface area contributed by atoms with Gasteiger partial charge in [0.15, 0.2) is 0 Å². The van der Waals surface area contributed by atoms with E-state index in [2.05, 4.69) is 19.2 Å². The van der Waals surface area contributed by atoms with Gasteiger partial charge in [-0.2, -0.15) is 0 Å². The molecule has 0 saturated heterocycles. The van der Waals surface area contributed by atoms with Gasteiger partial charge in [0.25, 0.3) is 0 Å². The van der Waals surface area contributed by atoms with E-state index in [9.17, 15) is 5.11 Å². The number of nitrogens with one attached hydrogen (secondary N) is 1. The maximum Gasteiger partial charge on any atom is 0.0679 e. The monoisotopic (exact) mass is 285 g/mol. The Kier molecular flexibility index (Phi) is 9.49. The first-order valence-electron chi connectivity index (χ1n) is 8.72. The van der Waals surface area contributed by atoms with Gasteiger partial charge in [0.05, 0.1) is 18.8 Å². The zero-order valence-corrected chi connectivity index (χ0v) is 13.6. The SMILES string of the molecule is CCCCCCCCOCC(CO)(NCCC)C1CC1. The molecule has 3 nitrogen and oxygen atoms in total. The smallest absolute Gasteiger partial charge is 0.0679 e. The first-order valence-corrected chi connectivity index (χ1v) is 8.72. The molecule has 0 heterocycles. The van der Waals surface area contributed by atoms with Gasteiger partial charge in [-0.15, -0.1) is 0 Å². The Hall–Kier alpha value is -0.120. The van der Waals surface area contributed by atoms with E-state index in [1.165, 1.54) is 44.9 Å². The Morgan fingerprint density at radius 1 is 1.05 bits per heavy atom. The third kappa shape index (κ3) is 6.55. The van der Waals surface area contributed by atoms with E-state index in [0.717, 1.165) is 26.0 Å². The van der Waals surface area contributed by atoms with Crippen LogP contribution >= 0.6 is 0 Å². The fourth-order valence-corrected chi connectivity index (χ4v) is 2.79. The van der Waals surface area contributed by atoms with E-state index in [4.69, 9.17) is 4.74 Å². The van der Waals surface area contributed by atoms with Gasteiger partial charge >= 0.3 is 0 Å². The van der Waals surface area contributed by atoms with Crippen molar-refractivity contribution in [3.63, 3.8) is 0 Å². The van der Waals surface area contributed by atoms with Crippen molar-refractivity contribution < 1.29 is 9.84 Å². The first-order chi connectivity index (χ1) is 9.79. The minimum absolute atomic E-state index is 0.168. The van der Waals surface area contributed by atoms with Gasteiger partial charge in [-0.1, -0.05) is 46.0 Å². The van der Waals surface area contributed by atoms with Crippen molar-refractivity contribution in [3.05, 3.63) is 0 Å². The number of rotatable bonds is 14. The van der Waals surface area contributed by atoms with Crippen LogP contribution in [0.2, 0.25) is 0 Å². The number of aliphatic hydroxyl groups is 1. The second-order valence-corrected chi connectivity index (χ2v) is 6.34. The van der Waals surface area contributed by atoms with Crippen molar-refractivity contribution in [2.24, 2.45) is 5.92 Å². The Morgan fingerprint density at radius 3 is 2.35 bits per heavy atom. The molecule has 1 unspecified atom stereocenters. The summed E-state index contributed by atoms with van der Waals surface area (Å²) in [5.74, 6) is 0.614. The Balaban J connectivity index is 2.12. The van der Waals surface area contributed by atoms with Gasteiger partial charge in [0, 0.05) is 6.61 Å². The molecule has 1 aliphatic carbocycles. The zero-order chi connectivity index (χ0) is 14.7. The predicted molar refractivity (Wildman–Crippen MR) is 85.0 cm³/mol. The number of ether oxygens (including phenoxy) is 1. The summed E-state index contributed by atoms with van der Waals surface area (Å²) in [6.07, 6.45) is 11.4. The number of unbranched alkanes of at least 4 members (excludes halogenated alkanes) is 5. The van der Waals surface area contributed by atoms with Gasteiger partial charge in [-0.3, -0.25) is 0 Å². The van der Waals surface area contributed by atoms with Crippen molar-refractivity contribution >= 4 is 0 Å². The summed E-state index contributed by atoms with van der Waals surface area (Å²) in [4.78, 5) is 0. The van der Waals surface area contributed by atoms with E-state index in [1.807, 2.05) is 0 Å². The summed E-state index contributed by atoms with van der Waals surface area (Å²) in [5.41, 5.74) is -0.168. The average molecular weight is 285 g/mol. The van der Waals surface area contributed by atoms with Crippen LogP contribution in [0.3, 0.4) is 0 Å². The highest BCUT2D eigenvalue weighted by Gasteiger charge is 2.44. The summed E-state index contributed by atoms with van der Waals surface area (Å²) in [6.45, 7) is 7.10. The van der Waals surface area contributed by atoms with Crippen LogP contribution in [0.4, 0.5) is 0 Å². The molecule has 0 aromatic rings. The molecule has 1 atom stereocenters. The minimum atomic E-state index is -0.168. The molecule has 1 fully saturated rings. The lowest BCUT2D eigenvalue weighted by Crippen LogP contribution is -2.54. The molecular weight excluding hydrogens is 250 g/mol. The van der Waals surface area contributed by atoms with Crippen molar-refractivity contribution in [1.29, 1.82) is 0 Å². The fourth-order valence-electron chi connectivity index (χ4n) is 2.79. The molecule has 0 radical (unpaired) electrons. The van der Waals surface area contributed by atoms with Crippen LogP contribution in [0.25, 0.3) is 0 Å². The Labute approximate surface area is 125 Å². The van der Waals surface area contributed by atoms with Crippen molar-refractivity contribution in [3.8, 4) is 0 Å². The summed E-state index contributed by atoms with van der Waals surface area (Å²) in [5, 5.41) is 13.3. The molecule has 2 N–H and O–H groups in total. The van der Waals surface area contributed by atoms with Crippen LogP contribution in [0, 0.1) is 5.92 Å². The van der Waals surface area contributed by atoms with E-state index in [1.54, 1.807) is 0 Å². The molecule has 0 amide bonds. The number of hydrogen-bond donors (Lipinski definition) is 2. The third-order valence-corrected chi connectivity index (χ3v) is 4.37. The summed E-state index contributed by atoms with van der Waals surface area (Å²) < 4.78 is 5.87. The lowest BCUT2D eigenvalue weighted by atomic mass is 9.95. The molecule has 20 heavy (non-hydrogen) atoms. The lowest BCUT2D eigenvalue weighted by Gasteiger charge is -2.33. The highest BCUT2D eigenvalue weighted by molar-refractivity contribution is 5.00. The Morgan fingerprint density at radius 2 is 1.75 bits per heavy atom. The summed E-state index contributed by atoms with van der Waals surface area (Å²) in [6, 6.07) is 0. The summed E-state index contributed by atoms with van der Waals surface area (Å²) >= 11 is 0. The second-order valence-electron chi connectivity index (χ2n) is 6.34. The zero-order valence-electron chi connectivity index (χ0n) is 13.6. The Bertz CT molecular complexity index is 231. The van der Waals surface area contributed by atoms with E-state index >= 15 is 0 Å². The number of hydrogen-bond acceptors (Lipinski definition) is 3. The predicted octanol–water partition coefficient (Wildman–Crippen LogP) is 3.50. The molecule has 0 aromatic heterocycles. The van der Waals surface area contributed by atoms with Crippen LogP contribution in [-0.4, -0.2) is 37.0 Å². The van der Waals surface area contributed by atoms with Gasteiger partial charge in [-0.25, -0.2) is 0 Å². The topological polar surface area (TPSA) is 41.5 Å². The maximum absolute atomic E-state index is 9.77. The molecule has 0 spiro atoms. The maximum atomic E-state index is 9.77. The molecule has 1 aliphatic rings. The van der Waals surface area contributed by atoms with Gasteiger partial charge < -0.3 is 15.2 Å². The molecular formula is C17H35NO2. The summed E-state index contributed by atoms with van der Waals surface area (Å²) in [7, 11) is 0. The molecule has 0 aromatic carbocycles. The van der Waals surface area contributed by atoms with Crippen LogP contribution in [0.1, 0.15) is 71.6 Å². The standard InChI is InChI=1S/C17H35NO2/c1-3-5-6-7-8-9-13-20-15-17(14-19,16-10-11-16)18-12-4-2/h16,18-19H,3-15H2,1-2H3. The lowest BCUT2D eigenvalue weighted by molar-refractivity contribution is 0.0224. The van der Waals surface area contributed by atoms with Crippen LogP contribution < -0.4 is 5.32 Å². The molecule has 1 rings (SSSR count). The molecule has 120 valence electrons. The van der Waals surface area contributed by atoms with Crippen molar-refractivity contribution in [2.75, 3.05) is 26.4 Å². The molecule has 3 heteroatoms. The van der Waals surface area contributed by atoms with Crippen LogP contribution in [0.15, 0.2) is 0 Å². The van der Waals surface area contributed by atoms with Crippen LogP contribution in [0.5, 0.6) is 0 Å². The van der Waals surface area contributed by atoms with Crippen molar-refractivity contribution in [2.45, 2.75) is 77.2 Å². The van der Waals surface area contributed by atoms with Gasteiger partial charge in [0.1, 0.15) is 0 Å². The largest absolute Gasteiger partial charge is 0.394 e.